The Kier molecular flexibility index (Phi) is 2.18. The number of hydrogen-bond donors (Lipinski definition) is 1. The van der Waals surface area contributed by atoms with Gasteiger partial charge in [0, 0.05) is 18.0 Å². The lowest BCUT2D eigenvalue weighted by atomic mass is 9.93. The van der Waals surface area contributed by atoms with Gasteiger partial charge in [-0.3, -0.25) is 9.36 Å². The number of H-pyrrole nitrogens is 1. The third kappa shape index (κ3) is 1.37. The number of aromatic nitrogens is 2. The molecule has 1 aromatic heterocycles. The molecule has 0 saturated heterocycles. The highest BCUT2D eigenvalue weighted by atomic mass is 16.1. The third-order valence-corrected chi connectivity index (χ3v) is 3.62. The molecule has 0 bridgehead atoms. The van der Waals surface area contributed by atoms with Gasteiger partial charge >= 0.3 is 5.69 Å². The van der Waals surface area contributed by atoms with Gasteiger partial charge in [0.1, 0.15) is 0 Å². The van der Waals surface area contributed by atoms with Crippen LogP contribution in [0.2, 0.25) is 0 Å². The third-order valence-electron chi connectivity index (χ3n) is 3.62. The molecule has 1 aliphatic heterocycles. The van der Waals surface area contributed by atoms with Crippen LogP contribution in [0, 0.1) is 5.92 Å². The Labute approximate surface area is 98.3 Å². The summed E-state index contributed by atoms with van der Waals surface area (Å²) in [5.41, 5.74) is 2.11. The lowest BCUT2D eigenvalue weighted by molar-refractivity contribution is 0.0912. The van der Waals surface area contributed by atoms with Gasteiger partial charge in [0.05, 0.1) is 11.0 Å². The predicted molar refractivity (Wildman–Crippen MR) is 65.3 cm³/mol. The van der Waals surface area contributed by atoms with E-state index < -0.39 is 0 Å². The molecule has 1 unspecified atom stereocenters. The molecule has 1 atom stereocenters. The van der Waals surface area contributed by atoms with Crippen LogP contribution in [-0.2, 0) is 6.54 Å². The molecule has 4 heteroatoms. The van der Waals surface area contributed by atoms with Gasteiger partial charge in [-0.2, -0.15) is 0 Å². The van der Waals surface area contributed by atoms with Crippen molar-refractivity contribution in [2.45, 2.75) is 26.3 Å². The number of imidazole rings is 1. The first-order chi connectivity index (χ1) is 8.22. The van der Waals surface area contributed by atoms with Crippen molar-refractivity contribution in [2.75, 3.05) is 0 Å². The zero-order valence-electron chi connectivity index (χ0n) is 9.69. The molecular weight excluding hydrogens is 216 g/mol. The van der Waals surface area contributed by atoms with Gasteiger partial charge in [-0.25, -0.2) is 4.79 Å². The summed E-state index contributed by atoms with van der Waals surface area (Å²) in [4.78, 5) is 26.9. The monoisotopic (exact) mass is 230 g/mol. The number of carbonyl (C=O) groups excluding carboxylic acids is 1. The van der Waals surface area contributed by atoms with Gasteiger partial charge in [0.25, 0.3) is 0 Å². The number of benzene rings is 1. The summed E-state index contributed by atoms with van der Waals surface area (Å²) in [5.74, 6) is 0.211. The van der Waals surface area contributed by atoms with Gasteiger partial charge in [-0.1, -0.05) is 13.0 Å². The van der Waals surface area contributed by atoms with Gasteiger partial charge < -0.3 is 4.98 Å². The van der Waals surface area contributed by atoms with Gasteiger partial charge in [0.2, 0.25) is 0 Å². The minimum absolute atomic E-state index is 0.0416. The molecule has 4 nitrogen and oxygen atoms in total. The van der Waals surface area contributed by atoms with Gasteiger partial charge in [-0.15, -0.1) is 0 Å². The maximum Gasteiger partial charge on any atom is 0.326 e. The van der Waals surface area contributed by atoms with Crippen molar-refractivity contribution in [1.29, 1.82) is 0 Å². The Morgan fingerprint density at radius 3 is 3.00 bits per heavy atom. The van der Waals surface area contributed by atoms with Crippen LogP contribution < -0.4 is 5.69 Å². The average Bonchev–Trinajstić information content (AvgIpc) is 2.56. The van der Waals surface area contributed by atoms with Crippen LogP contribution in [0.25, 0.3) is 11.0 Å². The molecule has 2 aromatic rings. The van der Waals surface area contributed by atoms with Crippen LogP contribution >= 0.6 is 0 Å². The maximum absolute atomic E-state index is 12.3. The van der Waals surface area contributed by atoms with Crippen molar-refractivity contribution in [3.8, 4) is 0 Å². The van der Waals surface area contributed by atoms with E-state index >= 15 is 0 Å². The van der Waals surface area contributed by atoms with Crippen molar-refractivity contribution in [1.82, 2.24) is 9.55 Å². The second-order valence-corrected chi connectivity index (χ2v) is 4.54. The highest BCUT2D eigenvalue weighted by molar-refractivity contribution is 6.07. The minimum atomic E-state index is -0.114. The Hall–Kier alpha value is -1.84. The van der Waals surface area contributed by atoms with Crippen molar-refractivity contribution in [3.63, 3.8) is 0 Å². The van der Waals surface area contributed by atoms with Crippen LogP contribution in [0.4, 0.5) is 0 Å². The highest BCUT2D eigenvalue weighted by Gasteiger charge is 2.26. The lowest BCUT2D eigenvalue weighted by Gasteiger charge is -2.09. The summed E-state index contributed by atoms with van der Waals surface area (Å²) in [5, 5.41) is 0. The zero-order chi connectivity index (χ0) is 12.0. The number of nitrogens with one attached hydrogen (secondary N) is 1. The fourth-order valence-electron chi connectivity index (χ4n) is 2.66. The molecule has 0 fully saturated rings. The SMILES string of the molecule is CCC1CCn2c(=O)[nH]c3cccc(c32)C1=O. The number of ketones is 1. The topological polar surface area (TPSA) is 54.9 Å². The largest absolute Gasteiger partial charge is 0.326 e. The first-order valence-electron chi connectivity index (χ1n) is 5.98. The molecule has 2 heterocycles. The van der Waals surface area contributed by atoms with Crippen molar-refractivity contribution >= 4 is 16.8 Å². The van der Waals surface area contributed by atoms with Crippen LogP contribution in [0.5, 0.6) is 0 Å². The first kappa shape index (κ1) is 10.3. The standard InChI is InChI=1S/C13H14N2O2/c1-2-8-6-7-15-11-9(12(8)16)4-3-5-10(11)14-13(15)17/h3-5,8H,2,6-7H2,1H3,(H,14,17). The molecule has 1 aliphatic rings. The van der Waals surface area contributed by atoms with Crippen molar-refractivity contribution < 1.29 is 4.79 Å². The van der Waals surface area contributed by atoms with Crippen LogP contribution in [0.1, 0.15) is 30.1 Å². The molecule has 17 heavy (non-hydrogen) atoms. The van der Waals surface area contributed by atoms with Crippen molar-refractivity contribution in [3.05, 3.63) is 34.2 Å². The molecule has 0 aliphatic carbocycles. The summed E-state index contributed by atoms with van der Waals surface area (Å²) in [6.45, 7) is 2.65. The van der Waals surface area contributed by atoms with E-state index in [0.717, 1.165) is 23.9 Å². The second kappa shape index (κ2) is 3.58. The summed E-state index contributed by atoms with van der Waals surface area (Å²) in [6, 6.07) is 5.49. The van der Waals surface area contributed by atoms with Gasteiger partial charge in [0.15, 0.2) is 5.78 Å². The average molecular weight is 230 g/mol. The Bertz CT molecular complexity index is 651. The van der Waals surface area contributed by atoms with Crippen LogP contribution in [0.15, 0.2) is 23.0 Å². The number of hydrogen-bond acceptors (Lipinski definition) is 2. The Morgan fingerprint density at radius 2 is 2.24 bits per heavy atom. The van der Waals surface area contributed by atoms with E-state index in [1.807, 2.05) is 25.1 Å². The predicted octanol–water partition coefficient (Wildman–Crippen LogP) is 1.94. The molecule has 88 valence electrons. The van der Waals surface area contributed by atoms with E-state index in [4.69, 9.17) is 0 Å². The molecule has 0 amide bonds. The molecule has 0 saturated carbocycles. The molecular formula is C13H14N2O2. The van der Waals surface area contributed by atoms with E-state index in [9.17, 15) is 9.59 Å². The quantitative estimate of drug-likeness (QED) is 0.814. The first-order valence-corrected chi connectivity index (χ1v) is 5.98. The maximum atomic E-state index is 12.3. The fourth-order valence-corrected chi connectivity index (χ4v) is 2.66. The lowest BCUT2D eigenvalue weighted by Crippen LogP contribution is -2.17. The fraction of sp³-hybridized carbons (Fsp3) is 0.385. The van der Waals surface area contributed by atoms with Gasteiger partial charge in [-0.05, 0) is 25.0 Å². The number of rotatable bonds is 1. The van der Waals surface area contributed by atoms with E-state index in [-0.39, 0.29) is 17.4 Å². The summed E-state index contributed by atoms with van der Waals surface area (Å²) in [6.07, 6.45) is 1.58. The molecule has 0 spiro atoms. The number of nitrogens with zero attached hydrogens (tertiary/aromatic N) is 1. The van der Waals surface area contributed by atoms with E-state index in [1.165, 1.54) is 0 Å². The smallest absolute Gasteiger partial charge is 0.306 e. The number of aryl methyl sites for hydroxylation is 1. The van der Waals surface area contributed by atoms with E-state index in [2.05, 4.69) is 4.98 Å². The highest BCUT2D eigenvalue weighted by Crippen LogP contribution is 2.26. The summed E-state index contributed by atoms with van der Waals surface area (Å²) in [7, 11) is 0. The molecule has 1 aromatic carbocycles. The Morgan fingerprint density at radius 1 is 1.41 bits per heavy atom. The second-order valence-electron chi connectivity index (χ2n) is 4.54. The Balaban J connectivity index is 2.36. The van der Waals surface area contributed by atoms with E-state index in [1.54, 1.807) is 4.57 Å². The normalized spacial score (nSPS) is 19.6. The molecule has 3 rings (SSSR count). The van der Waals surface area contributed by atoms with E-state index in [0.29, 0.717) is 12.1 Å². The number of aromatic amines is 1. The zero-order valence-corrected chi connectivity index (χ0v) is 9.69. The number of carbonyl (C=O) groups is 1. The molecule has 1 N–H and O–H groups in total. The van der Waals surface area contributed by atoms with Crippen molar-refractivity contribution in [2.24, 2.45) is 5.92 Å². The summed E-state index contributed by atoms with van der Waals surface area (Å²) < 4.78 is 1.69. The van der Waals surface area contributed by atoms with Crippen LogP contribution in [-0.4, -0.2) is 15.3 Å². The number of para-hydroxylation sites is 1. The minimum Gasteiger partial charge on any atom is -0.306 e. The number of Topliss-reactive ketones (excluding diaryl/α,β-unsaturated/α-hetero) is 1. The summed E-state index contributed by atoms with van der Waals surface area (Å²) >= 11 is 0. The molecule has 0 radical (unpaired) electrons. The van der Waals surface area contributed by atoms with Crippen LogP contribution in [0.3, 0.4) is 0 Å².